The lowest BCUT2D eigenvalue weighted by Gasteiger charge is -1.91. The van der Waals surface area contributed by atoms with Gasteiger partial charge >= 0.3 is 0 Å². The second-order valence-corrected chi connectivity index (χ2v) is 4.20. The summed E-state index contributed by atoms with van der Waals surface area (Å²) in [4.78, 5) is 2.82. The van der Waals surface area contributed by atoms with Crippen molar-refractivity contribution < 1.29 is 0 Å². The van der Waals surface area contributed by atoms with Gasteiger partial charge in [-0.15, -0.1) is 11.3 Å². The molecular formula is C9H10N2S. The van der Waals surface area contributed by atoms with Gasteiger partial charge in [-0.25, -0.2) is 0 Å². The van der Waals surface area contributed by atoms with Crippen molar-refractivity contribution in [3.63, 3.8) is 0 Å². The average molecular weight is 178 g/mol. The highest BCUT2D eigenvalue weighted by atomic mass is 32.1. The van der Waals surface area contributed by atoms with Crippen LogP contribution >= 0.6 is 11.3 Å². The minimum Gasteiger partial charge on any atom is -0.319 e. The van der Waals surface area contributed by atoms with E-state index in [4.69, 9.17) is 5.26 Å². The van der Waals surface area contributed by atoms with Gasteiger partial charge in [-0.3, -0.25) is 0 Å². The van der Waals surface area contributed by atoms with Gasteiger partial charge in [-0.1, -0.05) is 0 Å². The van der Waals surface area contributed by atoms with Crippen LogP contribution in [-0.4, -0.2) is 0 Å². The van der Waals surface area contributed by atoms with E-state index in [0.29, 0.717) is 6.54 Å². The molecule has 62 valence electrons. The van der Waals surface area contributed by atoms with Gasteiger partial charge in [-0.2, -0.15) is 5.26 Å². The first-order valence-electron chi connectivity index (χ1n) is 4.12. The predicted octanol–water partition coefficient (Wildman–Crippen LogP) is 1.81. The zero-order chi connectivity index (χ0) is 8.39. The molecule has 0 saturated carbocycles. The number of nitrogens with one attached hydrogen (secondary N) is 1. The first kappa shape index (κ1) is 7.63. The first-order chi connectivity index (χ1) is 5.90. The number of aryl methyl sites for hydroxylation is 2. The molecule has 1 aliphatic rings. The highest BCUT2D eigenvalue weighted by Crippen LogP contribution is 2.30. The Morgan fingerprint density at radius 3 is 3.25 bits per heavy atom. The molecule has 0 bridgehead atoms. The molecule has 1 aliphatic carbocycles. The fraction of sp³-hybridized carbons (Fsp3) is 0.444. The first-order valence-corrected chi connectivity index (χ1v) is 4.94. The van der Waals surface area contributed by atoms with Crippen molar-refractivity contribution in [3.05, 3.63) is 21.4 Å². The molecule has 0 aliphatic heterocycles. The van der Waals surface area contributed by atoms with Crippen molar-refractivity contribution >= 4 is 11.3 Å². The van der Waals surface area contributed by atoms with E-state index in [9.17, 15) is 0 Å². The third-order valence-electron chi connectivity index (χ3n) is 2.14. The predicted molar refractivity (Wildman–Crippen MR) is 48.8 cm³/mol. The van der Waals surface area contributed by atoms with E-state index in [0.717, 1.165) is 0 Å². The van der Waals surface area contributed by atoms with Gasteiger partial charge in [0, 0.05) is 9.75 Å². The molecule has 0 radical (unpaired) electrons. The van der Waals surface area contributed by atoms with Crippen molar-refractivity contribution in [1.82, 2.24) is 5.32 Å². The van der Waals surface area contributed by atoms with E-state index in [1.807, 2.05) is 17.5 Å². The molecule has 0 fully saturated rings. The summed E-state index contributed by atoms with van der Waals surface area (Å²) in [5.41, 5.74) is 1.51. The largest absolute Gasteiger partial charge is 0.319 e. The van der Waals surface area contributed by atoms with E-state index >= 15 is 0 Å². The molecule has 0 aromatic carbocycles. The van der Waals surface area contributed by atoms with Crippen molar-refractivity contribution in [3.8, 4) is 6.19 Å². The van der Waals surface area contributed by atoms with Gasteiger partial charge in [0.15, 0.2) is 6.19 Å². The lowest BCUT2D eigenvalue weighted by molar-refractivity contribution is 0.889. The minimum absolute atomic E-state index is 0.703. The normalized spacial score (nSPS) is 13.9. The number of hydrogen-bond acceptors (Lipinski definition) is 3. The van der Waals surface area contributed by atoms with Crippen molar-refractivity contribution in [1.29, 1.82) is 5.26 Å². The molecule has 12 heavy (non-hydrogen) atoms. The summed E-state index contributed by atoms with van der Waals surface area (Å²) >= 11 is 1.85. The standard InChI is InChI=1S/C9H10N2S/c10-6-11-5-8-4-7-2-1-3-9(7)12-8/h4,11H,1-3,5H2. The highest BCUT2D eigenvalue weighted by Gasteiger charge is 2.13. The van der Waals surface area contributed by atoms with Crippen LogP contribution in [0.4, 0.5) is 0 Å². The molecule has 2 rings (SSSR count). The third kappa shape index (κ3) is 1.30. The summed E-state index contributed by atoms with van der Waals surface area (Å²) < 4.78 is 0. The number of hydrogen-bond donors (Lipinski definition) is 1. The number of nitriles is 1. The maximum Gasteiger partial charge on any atom is 0.176 e. The summed E-state index contributed by atoms with van der Waals surface area (Å²) in [5, 5.41) is 11.0. The fourth-order valence-corrected chi connectivity index (χ4v) is 2.80. The Kier molecular flexibility index (Phi) is 2.01. The summed E-state index contributed by atoms with van der Waals surface area (Å²) in [6.07, 6.45) is 5.73. The van der Waals surface area contributed by atoms with Crippen molar-refractivity contribution in [2.45, 2.75) is 25.8 Å². The lowest BCUT2D eigenvalue weighted by Crippen LogP contribution is -2.02. The molecule has 1 aromatic rings. The van der Waals surface area contributed by atoms with Gasteiger partial charge in [-0.05, 0) is 30.9 Å². The number of rotatable bonds is 2. The van der Waals surface area contributed by atoms with Gasteiger partial charge in [0.1, 0.15) is 0 Å². The summed E-state index contributed by atoms with van der Waals surface area (Å²) in [6, 6.07) is 2.23. The lowest BCUT2D eigenvalue weighted by atomic mass is 10.2. The number of nitrogens with zero attached hydrogens (tertiary/aromatic N) is 1. The summed E-state index contributed by atoms with van der Waals surface area (Å²) in [5.74, 6) is 0. The Labute approximate surface area is 75.8 Å². The number of thiophene rings is 1. The van der Waals surface area contributed by atoms with Gasteiger partial charge in [0.2, 0.25) is 0 Å². The van der Waals surface area contributed by atoms with Crippen molar-refractivity contribution in [2.75, 3.05) is 0 Å². The van der Waals surface area contributed by atoms with Crippen LogP contribution in [0.2, 0.25) is 0 Å². The third-order valence-corrected chi connectivity index (χ3v) is 3.38. The van der Waals surface area contributed by atoms with Crippen LogP contribution in [0.3, 0.4) is 0 Å². The quantitative estimate of drug-likeness (QED) is 0.553. The molecule has 3 heteroatoms. The van der Waals surface area contributed by atoms with Gasteiger partial charge < -0.3 is 5.32 Å². The number of fused-ring (bicyclic) bond motifs is 1. The Balaban J connectivity index is 2.11. The monoisotopic (exact) mass is 178 g/mol. The fourth-order valence-electron chi connectivity index (χ4n) is 1.60. The van der Waals surface area contributed by atoms with Gasteiger partial charge in [0.25, 0.3) is 0 Å². The molecule has 1 N–H and O–H groups in total. The molecule has 1 heterocycles. The van der Waals surface area contributed by atoms with E-state index in [1.54, 1.807) is 0 Å². The maximum atomic E-state index is 8.32. The molecule has 0 saturated heterocycles. The maximum absolute atomic E-state index is 8.32. The minimum atomic E-state index is 0.703. The topological polar surface area (TPSA) is 35.8 Å². The SMILES string of the molecule is N#CNCc1cc2c(s1)CCC2. The average Bonchev–Trinajstić information content (AvgIpc) is 2.58. The van der Waals surface area contributed by atoms with Crippen molar-refractivity contribution in [2.24, 2.45) is 0 Å². The van der Waals surface area contributed by atoms with E-state index < -0.39 is 0 Å². The molecule has 2 nitrogen and oxygen atoms in total. The van der Waals surface area contributed by atoms with Crippen LogP contribution < -0.4 is 5.32 Å². The molecule has 0 unspecified atom stereocenters. The Bertz CT molecular complexity index is 300. The Morgan fingerprint density at radius 1 is 1.58 bits per heavy atom. The molecule has 0 spiro atoms. The van der Waals surface area contributed by atoms with E-state index in [-0.39, 0.29) is 0 Å². The van der Waals surface area contributed by atoms with Crippen LogP contribution in [0.1, 0.15) is 21.7 Å². The van der Waals surface area contributed by atoms with Crippen LogP contribution in [0.15, 0.2) is 6.07 Å². The zero-order valence-electron chi connectivity index (χ0n) is 6.76. The van der Waals surface area contributed by atoms with Crippen LogP contribution in [0.5, 0.6) is 0 Å². The summed E-state index contributed by atoms with van der Waals surface area (Å²) in [6.45, 7) is 0.703. The Morgan fingerprint density at radius 2 is 2.50 bits per heavy atom. The molecular weight excluding hydrogens is 168 g/mol. The molecule has 0 atom stereocenters. The second kappa shape index (κ2) is 3.16. The highest BCUT2D eigenvalue weighted by molar-refractivity contribution is 7.12. The molecule has 0 amide bonds. The molecule has 1 aromatic heterocycles. The summed E-state index contributed by atoms with van der Waals surface area (Å²) in [7, 11) is 0. The second-order valence-electron chi connectivity index (χ2n) is 2.98. The smallest absolute Gasteiger partial charge is 0.176 e. The Hall–Kier alpha value is -1.01. The van der Waals surface area contributed by atoms with Gasteiger partial charge in [0.05, 0.1) is 6.54 Å². The van der Waals surface area contributed by atoms with E-state index in [1.165, 1.54) is 34.6 Å². The zero-order valence-corrected chi connectivity index (χ0v) is 7.58. The van der Waals surface area contributed by atoms with Crippen LogP contribution in [-0.2, 0) is 19.4 Å². The van der Waals surface area contributed by atoms with Crippen LogP contribution in [0, 0.1) is 11.5 Å². The van der Waals surface area contributed by atoms with Crippen LogP contribution in [0.25, 0.3) is 0 Å². The van der Waals surface area contributed by atoms with E-state index in [2.05, 4.69) is 11.4 Å².